The van der Waals surface area contributed by atoms with E-state index in [1.54, 1.807) is 36.4 Å². The molecule has 0 atom stereocenters. The molecule has 0 aliphatic rings. The van der Waals surface area contributed by atoms with Gasteiger partial charge >= 0.3 is 0 Å². The molecule has 20 heavy (non-hydrogen) atoms. The van der Waals surface area contributed by atoms with Crippen molar-refractivity contribution >= 4 is 39.4 Å². The summed E-state index contributed by atoms with van der Waals surface area (Å²) in [6.45, 7) is 0. The van der Waals surface area contributed by atoms with Crippen LogP contribution >= 0.6 is 11.6 Å². The SMILES string of the molecule is Nc1ccc(Nc2ccccc2F)c2ccc(Cl)cc12. The number of benzene rings is 3. The molecule has 3 aromatic rings. The second-order valence-corrected chi connectivity index (χ2v) is 4.93. The van der Waals surface area contributed by atoms with E-state index in [4.69, 9.17) is 17.3 Å². The number of anilines is 3. The number of nitrogens with one attached hydrogen (secondary N) is 1. The number of nitrogens with two attached hydrogens (primary N) is 1. The predicted octanol–water partition coefficient (Wildman–Crippen LogP) is 4.96. The Morgan fingerprint density at radius 1 is 0.900 bits per heavy atom. The number of hydrogen-bond acceptors (Lipinski definition) is 2. The van der Waals surface area contributed by atoms with E-state index < -0.39 is 0 Å². The third-order valence-electron chi connectivity index (χ3n) is 3.16. The van der Waals surface area contributed by atoms with Crippen LogP contribution in [-0.4, -0.2) is 0 Å². The fourth-order valence-corrected chi connectivity index (χ4v) is 2.33. The van der Waals surface area contributed by atoms with Crippen molar-refractivity contribution in [2.75, 3.05) is 11.1 Å². The first kappa shape index (κ1) is 12.8. The Labute approximate surface area is 121 Å². The third kappa shape index (κ3) is 2.28. The van der Waals surface area contributed by atoms with Gasteiger partial charge in [-0.1, -0.05) is 29.8 Å². The molecule has 0 saturated carbocycles. The Morgan fingerprint density at radius 3 is 2.50 bits per heavy atom. The van der Waals surface area contributed by atoms with Crippen LogP contribution in [0.3, 0.4) is 0 Å². The van der Waals surface area contributed by atoms with Crippen molar-refractivity contribution in [2.24, 2.45) is 0 Å². The number of hydrogen-bond donors (Lipinski definition) is 2. The van der Waals surface area contributed by atoms with Crippen LogP contribution in [0.5, 0.6) is 0 Å². The van der Waals surface area contributed by atoms with Gasteiger partial charge in [-0.3, -0.25) is 0 Å². The first-order chi connectivity index (χ1) is 9.65. The largest absolute Gasteiger partial charge is 0.398 e. The molecule has 0 amide bonds. The Kier molecular flexibility index (Phi) is 3.20. The van der Waals surface area contributed by atoms with E-state index in [1.165, 1.54) is 6.07 Å². The summed E-state index contributed by atoms with van der Waals surface area (Å²) in [5.74, 6) is -0.300. The molecule has 0 fully saturated rings. The fraction of sp³-hybridized carbons (Fsp3) is 0. The normalized spacial score (nSPS) is 10.7. The standard InChI is InChI=1S/C16H12ClFN2/c17-10-5-6-11-12(9-10)14(19)7-8-15(11)20-16-4-2-1-3-13(16)18/h1-9,20H,19H2. The Hall–Kier alpha value is -2.26. The zero-order valence-corrected chi connectivity index (χ0v) is 11.3. The van der Waals surface area contributed by atoms with E-state index in [9.17, 15) is 4.39 Å². The van der Waals surface area contributed by atoms with Crippen molar-refractivity contribution in [3.63, 3.8) is 0 Å². The maximum atomic E-state index is 13.7. The van der Waals surface area contributed by atoms with Gasteiger partial charge in [-0.05, 0) is 36.4 Å². The predicted molar refractivity (Wildman–Crippen MR) is 83.1 cm³/mol. The summed E-state index contributed by atoms with van der Waals surface area (Å²) >= 11 is 5.99. The minimum atomic E-state index is -0.300. The average Bonchev–Trinajstić information content (AvgIpc) is 2.44. The molecule has 3 rings (SSSR count). The van der Waals surface area contributed by atoms with Gasteiger partial charge in [-0.15, -0.1) is 0 Å². The molecule has 0 unspecified atom stereocenters. The topological polar surface area (TPSA) is 38.0 Å². The van der Waals surface area contributed by atoms with E-state index in [2.05, 4.69) is 5.32 Å². The zero-order valence-electron chi connectivity index (χ0n) is 10.5. The molecule has 0 spiro atoms. The van der Waals surface area contributed by atoms with Crippen molar-refractivity contribution in [1.82, 2.24) is 0 Å². The molecule has 0 heterocycles. The van der Waals surface area contributed by atoms with Crippen molar-refractivity contribution in [3.8, 4) is 0 Å². The number of halogens is 2. The van der Waals surface area contributed by atoms with Gasteiger partial charge in [0, 0.05) is 27.2 Å². The minimum absolute atomic E-state index is 0.300. The van der Waals surface area contributed by atoms with Crippen molar-refractivity contribution in [1.29, 1.82) is 0 Å². The van der Waals surface area contributed by atoms with Gasteiger partial charge in [0.1, 0.15) is 5.82 Å². The average molecular weight is 287 g/mol. The van der Waals surface area contributed by atoms with Gasteiger partial charge in [-0.2, -0.15) is 0 Å². The van der Waals surface area contributed by atoms with Crippen molar-refractivity contribution in [3.05, 3.63) is 65.4 Å². The highest BCUT2D eigenvalue weighted by Crippen LogP contribution is 2.32. The first-order valence-corrected chi connectivity index (χ1v) is 6.52. The molecule has 3 N–H and O–H groups in total. The Balaban J connectivity index is 2.13. The maximum absolute atomic E-state index is 13.7. The lowest BCUT2D eigenvalue weighted by atomic mass is 10.1. The molecular weight excluding hydrogens is 275 g/mol. The van der Waals surface area contributed by atoms with E-state index in [0.29, 0.717) is 16.4 Å². The summed E-state index contributed by atoms with van der Waals surface area (Å²) in [5.41, 5.74) is 7.81. The second kappa shape index (κ2) is 5.02. The summed E-state index contributed by atoms with van der Waals surface area (Å²) in [5, 5.41) is 5.45. The molecule has 0 radical (unpaired) electrons. The van der Waals surface area contributed by atoms with Gasteiger partial charge in [0.25, 0.3) is 0 Å². The lowest BCUT2D eigenvalue weighted by Crippen LogP contribution is -1.96. The number of nitrogen functional groups attached to an aromatic ring is 1. The highest BCUT2D eigenvalue weighted by atomic mass is 35.5. The van der Waals surface area contributed by atoms with Gasteiger partial charge in [0.05, 0.1) is 5.69 Å². The van der Waals surface area contributed by atoms with Crippen LogP contribution in [0.4, 0.5) is 21.5 Å². The van der Waals surface area contributed by atoms with Gasteiger partial charge in [-0.25, -0.2) is 4.39 Å². The third-order valence-corrected chi connectivity index (χ3v) is 3.39. The van der Waals surface area contributed by atoms with Gasteiger partial charge < -0.3 is 11.1 Å². The zero-order chi connectivity index (χ0) is 14.1. The molecule has 0 aromatic heterocycles. The van der Waals surface area contributed by atoms with E-state index >= 15 is 0 Å². The molecule has 4 heteroatoms. The number of rotatable bonds is 2. The van der Waals surface area contributed by atoms with E-state index in [-0.39, 0.29) is 5.82 Å². The molecule has 0 aliphatic heterocycles. The summed E-state index contributed by atoms with van der Waals surface area (Å²) in [7, 11) is 0. The molecule has 0 bridgehead atoms. The summed E-state index contributed by atoms with van der Waals surface area (Å²) in [6.07, 6.45) is 0. The van der Waals surface area contributed by atoms with Crippen LogP contribution in [0.15, 0.2) is 54.6 Å². The van der Waals surface area contributed by atoms with Crippen LogP contribution in [0.2, 0.25) is 5.02 Å². The molecule has 3 aromatic carbocycles. The highest BCUT2D eigenvalue weighted by Gasteiger charge is 2.07. The lowest BCUT2D eigenvalue weighted by molar-refractivity contribution is 0.632. The molecular formula is C16H12ClFN2. The minimum Gasteiger partial charge on any atom is -0.398 e. The monoisotopic (exact) mass is 286 g/mol. The Bertz CT molecular complexity index is 787. The summed E-state index contributed by atoms with van der Waals surface area (Å²) in [4.78, 5) is 0. The van der Waals surface area contributed by atoms with Crippen LogP contribution < -0.4 is 11.1 Å². The molecule has 0 saturated heterocycles. The molecule has 0 aliphatic carbocycles. The fourth-order valence-electron chi connectivity index (χ4n) is 2.16. The number of fused-ring (bicyclic) bond motifs is 1. The first-order valence-electron chi connectivity index (χ1n) is 6.14. The van der Waals surface area contributed by atoms with Crippen LogP contribution in [0.1, 0.15) is 0 Å². The van der Waals surface area contributed by atoms with Gasteiger partial charge in [0.2, 0.25) is 0 Å². The van der Waals surface area contributed by atoms with Crippen molar-refractivity contribution in [2.45, 2.75) is 0 Å². The lowest BCUT2D eigenvalue weighted by Gasteiger charge is -2.12. The van der Waals surface area contributed by atoms with Crippen LogP contribution in [0, 0.1) is 5.82 Å². The molecule has 2 nitrogen and oxygen atoms in total. The van der Waals surface area contributed by atoms with Crippen LogP contribution in [-0.2, 0) is 0 Å². The number of para-hydroxylation sites is 1. The smallest absolute Gasteiger partial charge is 0.146 e. The quantitative estimate of drug-likeness (QED) is 0.654. The summed E-state index contributed by atoms with van der Waals surface area (Å²) in [6, 6.07) is 15.6. The van der Waals surface area contributed by atoms with E-state index in [0.717, 1.165) is 16.5 Å². The summed E-state index contributed by atoms with van der Waals surface area (Å²) < 4.78 is 13.7. The van der Waals surface area contributed by atoms with Crippen LogP contribution in [0.25, 0.3) is 10.8 Å². The maximum Gasteiger partial charge on any atom is 0.146 e. The van der Waals surface area contributed by atoms with Gasteiger partial charge in [0.15, 0.2) is 0 Å². The van der Waals surface area contributed by atoms with Crippen molar-refractivity contribution < 1.29 is 4.39 Å². The molecule has 100 valence electrons. The Morgan fingerprint density at radius 2 is 1.70 bits per heavy atom. The van der Waals surface area contributed by atoms with E-state index in [1.807, 2.05) is 12.1 Å². The highest BCUT2D eigenvalue weighted by molar-refractivity contribution is 6.31. The second-order valence-electron chi connectivity index (χ2n) is 4.50.